The van der Waals surface area contributed by atoms with Gasteiger partial charge in [0.25, 0.3) is 0 Å². The van der Waals surface area contributed by atoms with E-state index in [0.717, 1.165) is 23.5 Å². The van der Waals surface area contributed by atoms with Gasteiger partial charge in [-0.1, -0.05) is 13.0 Å². The van der Waals surface area contributed by atoms with E-state index in [2.05, 4.69) is 79.2 Å². The maximum absolute atomic E-state index is 4.23. The van der Waals surface area contributed by atoms with E-state index in [4.69, 9.17) is 0 Å². The van der Waals surface area contributed by atoms with Crippen LogP contribution in [-0.4, -0.2) is 54.5 Å². The smallest absolute Gasteiger partial charge is 0.207 e. The fraction of sp³-hybridized carbons (Fsp3) is 0.471. The zero-order chi connectivity index (χ0) is 16.1. The van der Waals surface area contributed by atoms with Crippen molar-refractivity contribution in [3.8, 4) is 11.4 Å². The molecule has 5 rings (SSSR count). The predicted octanol–water partition coefficient (Wildman–Crippen LogP) is 2.30. The summed E-state index contributed by atoms with van der Waals surface area (Å²) in [5.74, 6) is 4.11. The molecule has 0 aromatic carbocycles. The molecule has 7 heteroatoms. The van der Waals surface area contributed by atoms with E-state index in [-0.39, 0.29) is 0 Å². The second-order valence-corrected chi connectivity index (χ2v) is 8.32. The van der Waals surface area contributed by atoms with E-state index >= 15 is 0 Å². The van der Waals surface area contributed by atoms with Gasteiger partial charge in [-0.05, 0) is 40.0 Å². The van der Waals surface area contributed by atoms with Crippen molar-refractivity contribution in [3.63, 3.8) is 0 Å². The molecule has 1 N–H and O–H groups in total. The average Bonchev–Trinajstić information content (AvgIpc) is 3.29. The fourth-order valence-corrected chi connectivity index (χ4v) is 5.98. The van der Waals surface area contributed by atoms with Gasteiger partial charge in [-0.25, -0.2) is 0 Å². The largest absolute Gasteiger partial charge is 0.323 e. The number of likely N-dealkylation sites (tertiary alicyclic amines) is 1. The van der Waals surface area contributed by atoms with Gasteiger partial charge in [0.1, 0.15) is 0 Å². The zero-order valence-corrected chi connectivity index (χ0v) is 14.5. The Labute approximate surface area is 144 Å². The van der Waals surface area contributed by atoms with Crippen molar-refractivity contribution in [2.45, 2.75) is 13.5 Å². The molecule has 2 fully saturated rings. The van der Waals surface area contributed by atoms with Crippen LogP contribution in [0.25, 0.3) is 16.9 Å². The zero-order valence-electron chi connectivity index (χ0n) is 13.6. The molecule has 5 heterocycles. The Hall–Kier alpha value is -1.86. The van der Waals surface area contributed by atoms with E-state index in [1.54, 1.807) is 0 Å². The highest BCUT2D eigenvalue weighted by molar-refractivity contribution is 7.99. The normalized spacial score (nSPS) is 27.1. The molecule has 124 valence electrons. The van der Waals surface area contributed by atoms with Crippen LogP contribution in [-0.2, 0) is 6.54 Å². The number of hydrogen-bond donors (Lipinski definition) is 1. The minimum atomic E-state index is 0.482. The molecular formula is C17H20N6S. The Balaban J connectivity index is 1.52. The Bertz CT molecular complexity index is 872. The monoisotopic (exact) mass is 340 g/mol. The van der Waals surface area contributed by atoms with Crippen molar-refractivity contribution >= 4 is 17.3 Å². The Morgan fingerprint density at radius 3 is 3.21 bits per heavy atom. The van der Waals surface area contributed by atoms with Crippen LogP contribution in [0.5, 0.6) is 0 Å². The van der Waals surface area contributed by atoms with Gasteiger partial charge in [0.15, 0.2) is 0 Å². The highest BCUT2D eigenvalue weighted by atomic mass is 32.2. The van der Waals surface area contributed by atoms with Crippen LogP contribution in [0.1, 0.15) is 12.5 Å². The Kier molecular flexibility index (Phi) is 3.21. The van der Waals surface area contributed by atoms with Gasteiger partial charge >= 0.3 is 0 Å². The number of pyridine rings is 1. The first kappa shape index (κ1) is 14.5. The molecule has 2 saturated heterocycles. The lowest BCUT2D eigenvalue weighted by atomic mass is 9.84. The minimum absolute atomic E-state index is 0.482. The summed E-state index contributed by atoms with van der Waals surface area (Å²) in [7, 11) is 0. The summed E-state index contributed by atoms with van der Waals surface area (Å²) >= 11 is 2.12. The van der Waals surface area contributed by atoms with E-state index in [0.29, 0.717) is 11.2 Å². The van der Waals surface area contributed by atoms with Gasteiger partial charge < -0.3 is 4.40 Å². The van der Waals surface area contributed by atoms with Gasteiger partial charge in [0.2, 0.25) is 5.82 Å². The molecule has 6 nitrogen and oxygen atoms in total. The lowest BCUT2D eigenvalue weighted by Crippen LogP contribution is -2.26. The Morgan fingerprint density at radius 1 is 1.42 bits per heavy atom. The summed E-state index contributed by atoms with van der Waals surface area (Å²) in [6.07, 6.45) is 4.30. The van der Waals surface area contributed by atoms with Gasteiger partial charge in [0, 0.05) is 37.8 Å². The molecule has 3 aromatic heterocycles. The molecule has 0 unspecified atom stereocenters. The van der Waals surface area contributed by atoms with Crippen LogP contribution < -0.4 is 0 Å². The molecule has 0 bridgehead atoms. The highest BCUT2D eigenvalue weighted by Crippen LogP contribution is 2.46. The van der Waals surface area contributed by atoms with Crippen molar-refractivity contribution in [1.82, 2.24) is 29.9 Å². The minimum Gasteiger partial charge on any atom is -0.323 e. The highest BCUT2D eigenvalue weighted by Gasteiger charge is 2.46. The summed E-state index contributed by atoms with van der Waals surface area (Å²) in [5, 5.41) is 14.8. The van der Waals surface area contributed by atoms with E-state index in [1.807, 2.05) is 0 Å². The molecule has 24 heavy (non-hydrogen) atoms. The van der Waals surface area contributed by atoms with Gasteiger partial charge in [-0.15, -0.1) is 10.2 Å². The summed E-state index contributed by atoms with van der Waals surface area (Å²) in [6.45, 7) is 5.78. The first-order valence-electron chi connectivity index (χ1n) is 8.35. The number of nitrogens with one attached hydrogen (secondary N) is 1. The third-order valence-electron chi connectivity index (χ3n) is 5.52. The summed E-state index contributed by atoms with van der Waals surface area (Å²) in [5.41, 5.74) is 3.99. The number of thioether (sulfide) groups is 1. The maximum Gasteiger partial charge on any atom is 0.207 e. The van der Waals surface area contributed by atoms with Crippen LogP contribution in [0.15, 0.2) is 30.6 Å². The molecule has 0 radical (unpaired) electrons. The second-order valence-electron chi connectivity index (χ2n) is 7.29. The molecule has 2 aliphatic heterocycles. The number of aromatic amines is 1. The number of nitrogens with zero attached hydrogens (tertiary/aromatic N) is 5. The van der Waals surface area contributed by atoms with Crippen molar-refractivity contribution in [1.29, 1.82) is 0 Å². The van der Waals surface area contributed by atoms with Crippen molar-refractivity contribution < 1.29 is 0 Å². The van der Waals surface area contributed by atoms with Crippen molar-refractivity contribution in [3.05, 3.63) is 36.2 Å². The van der Waals surface area contributed by atoms with Gasteiger partial charge in [-0.3, -0.25) is 4.90 Å². The summed E-state index contributed by atoms with van der Waals surface area (Å²) < 4.78 is 2.16. The number of fused-ring (bicyclic) bond motifs is 2. The number of rotatable bonds is 3. The number of tetrazole rings is 1. The van der Waals surface area contributed by atoms with Gasteiger partial charge in [-0.2, -0.15) is 17.0 Å². The molecule has 2 atom stereocenters. The van der Waals surface area contributed by atoms with Gasteiger partial charge in [0.05, 0.1) is 11.1 Å². The Morgan fingerprint density at radius 2 is 2.38 bits per heavy atom. The van der Waals surface area contributed by atoms with E-state index in [1.165, 1.54) is 30.2 Å². The topological polar surface area (TPSA) is 62.1 Å². The lowest BCUT2D eigenvalue weighted by Gasteiger charge is -2.22. The average molecular weight is 340 g/mol. The summed E-state index contributed by atoms with van der Waals surface area (Å²) in [4.78, 5) is 2.60. The fourth-order valence-electron chi connectivity index (χ4n) is 4.27. The van der Waals surface area contributed by atoms with Crippen molar-refractivity contribution in [2.24, 2.45) is 11.3 Å². The lowest BCUT2D eigenvalue weighted by molar-refractivity contribution is 0.285. The third-order valence-corrected chi connectivity index (χ3v) is 7.03. The maximum atomic E-state index is 4.23. The van der Waals surface area contributed by atoms with E-state index < -0.39 is 0 Å². The number of hydrogen-bond acceptors (Lipinski definition) is 5. The first-order chi connectivity index (χ1) is 11.7. The molecule has 3 aromatic rings. The van der Waals surface area contributed by atoms with Crippen LogP contribution in [0.2, 0.25) is 0 Å². The predicted molar refractivity (Wildman–Crippen MR) is 94.8 cm³/mol. The second kappa shape index (κ2) is 5.32. The molecule has 2 aliphatic rings. The van der Waals surface area contributed by atoms with Crippen LogP contribution in [0.4, 0.5) is 0 Å². The standard InChI is InChI=1S/C17H20N6S/c1-17-10-22(8-13(17)9-24-11-17)6-12-7-23-5-3-2-4-14(23)15(12)16-18-20-21-19-16/h2-5,7,13H,6,8-11H2,1H3,(H,18,19,20,21)/t13-,17+/m1/s1. The number of aromatic nitrogens is 5. The molecule has 0 saturated carbocycles. The molecule has 0 spiro atoms. The van der Waals surface area contributed by atoms with Crippen LogP contribution >= 0.6 is 11.8 Å². The van der Waals surface area contributed by atoms with Crippen LogP contribution in [0.3, 0.4) is 0 Å². The summed E-state index contributed by atoms with van der Waals surface area (Å²) in [6, 6.07) is 6.22. The molecule has 0 amide bonds. The van der Waals surface area contributed by atoms with Crippen LogP contribution in [0, 0.1) is 11.3 Å². The third kappa shape index (κ3) is 2.18. The van der Waals surface area contributed by atoms with Crippen molar-refractivity contribution in [2.75, 3.05) is 24.6 Å². The first-order valence-corrected chi connectivity index (χ1v) is 9.51. The van der Waals surface area contributed by atoms with E-state index in [9.17, 15) is 0 Å². The molecular weight excluding hydrogens is 320 g/mol. The molecule has 0 aliphatic carbocycles. The number of H-pyrrole nitrogens is 1. The SMILES string of the molecule is C[C@]12CSC[C@H]1CN(Cc1cn3ccccc3c1-c1nn[nH]n1)C2. The quantitative estimate of drug-likeness (QED) is 0.793.